The smallest absolute Gasteiger partial charge is 0.239 e. The first-order valence-corrected chi connectivity index (χ1v) is 9.54. The molecule has 0 bridgehead atoms. The molecule has 1 aliphatic rings. The number of morpholine rings is 1. The minimum absolute atomic E-state index is 0.0946. The summed E-state index contributed by atoms with van der Waals surface area (Å²) in [5, 5.41) is 2.81. The number of anilines is 2. The topological polar surface area (TPSA) is 79.0 Å². The highest BCUT2D eigenvalue weighted by molar-refractivity contribution is 7.88. The zero-order valence-corrected chi connectivity index (χ0v) is 14.6. The van der Waals surface area contributed by atoms with E-state index in [2.05, 4.69) is 16.8 Å². The molecule has 2 rings (SSSR count). The number of carbonyl (C=O) groups is 1. The number of nitrogens with one attached hydrogen (secondary N) is 1. The predicted molar refractivity (Wildman–Crippen MR) is 94.7 cm³/mol. The fraction of sp³-hybridized carbons (Fsp3) is 0.438. The Morgan fingerprint density at radius 2 is 2.04 bits per heavy atom. The fourth-order valence-electron chi connectivity index (χ4n) is 2.47. The van der Waals surface area contributed by atoms with Gasteiger partial charge in [-0.2, -0.15) is 4.31 Å². The number of sulfonamides is 1. The molecule has 0 aromatic heterocycles. The lowest BCUT2D eigenvalue weighted by Gasteiger charge is -2.30. The Morgan fingerprint density at radius 3 is 2.67 bits per heavy atom. The molecule has 132 valence electrons. The number of benzene rings is 1. The summed E-state index contributed by atoms with van der Waals surface area (Å²) in [6.07, 6.45) is 2.53. The minimum atomic E-state index is -3.47. The molecule has 8 heteroatoms. The summed E-state index contributed by atoms with van der Waals surface area (Å²) in [7, 11) is -3.47. The molecule has 1 aromatic rings. The Kier molecular flexibility index (Phi) is 6.36. The third-order valence-electron chi connectivity index (χ3n) is 3.65. The molecule has 0 spiro atoms. The van der Waals surface area contributed by atoms with Crippen molar-refractivity contribution in [3.8, 4) is 0 Å². The number of ether oxygens (including phenoxy) is 1. The predicted octanol–water partition coefficient (Wildman–Crippen LogP) is 0.909. The Morgan fingerprint density at radius 1 is 1.38 bits per heavy atom. The molecule has 1 saturated heterocycles. The van der Waals surface area contributed by atoms with E-state index in [4.69, 9.17) is 4.74 Å². The zero-order chi connectivity index (χ0) is 17.6. The fourth-order valence-corrected chi connectivity index (χ4v) is 3.20. The molecule has 0 atom stereocenters. The van der Waals surface area contributed by atoms with E-state index in [1.54, 1.807) is 6.07 Å². The van der Waals surface area contributed by atoms with Gasteiger partial charge in [0.05, 0.1) is 37.4 Å². The number of amides is 1. The van der Waals surface area contributed by atoms with Gasteiger partial charge in [-0.15, -0.1) is 6.58 Å². The van der Waals surface area contributed by atoms with Gasteiger partial charge in [-0.05, 0) is 12.1 Å². The van der Waals surface area contributed by atoms with Crippen molar-refractivity contribution in [1.29, 1.82) is 0 Å². The number of hydrogen-bond acceptors (Lipinski definition) is 5. The van der Waals surface area contributed by atoms with E-state index < -0.39 is 10.0 Å². The summed E-state index contributed by atoms with van der Waals surface area (Å²) in [5.41, 5.74) is 1.57. The van der Waals surface area contributed by atoms with Gasteiger partial charge in [-0.1, -0.05) is 18.2 Å². The van der Waals surface area contributed by atoms with Gasteiger partial charge in [0.1, 0.15) is 0 Å². The lowest BCUT2D eigenvalue weighted by atomic mass is 10.2. The summed E-state index contributed by atoms with van der Waals surface area (Å²) in [4.78, 5) is 14.4. The van der Waals surface area contributed by atoms with Crippen LogP contribution in [-0.2, 0) is 19.6 Å². The van der Waals surface area contributed by atoms with E-state index in [0.717, 1.165) is 29.3 Å². The highest BCUT2D eigenvalue weighted by Gasteiger charge is 2.20. The van der Waals surface area contributed by atoms with E-state index in [1.165, 1.54) is 6.08 Å². The maximum absolute atomic E-state index is 12.3. The first kappa shape index (κ1) is 18.4. The van der Waals surface area contributed by atoms with Crippen molar-refractivity contribution >= 4 is 27.3 Å². The summed E-state index contributed by atoms with van der Waals surface area (Å²) >= 11 is 0. The molecule has 1 aromatic carbocycles. The average molecular weight is 353 g/mol. The monoisotopic (exact) mass is 353 g/mol. The van der Waals surface area contributed by atoms with Crippen LogP contribution in [0.2, 0.25) is 0 Å². The van der Waals surface area contributed by atoms with Gasteiger partial charge in [0, 0.05) is 19.6 Å². The van der Waals surface area contributed by atoms with Gasteiger partial charge in [0.25, 0.3) is 0 Å². The third-order valence-corrected chi connectivity index (χ3v) is 4.87. The van der Waals surface area contributed by atoms with Crippen LogP contribution in [0.25, 0.3) is 0 Å². The van der Waals surface area contributed by atoms with Crippen molar-refractivity contribution in [1.82, 2.24) is 4.31 Å². The molecule has 24 heavy (non-hydrogen) atoms. The molecule has 0 aliphatic carbocycles. The van der Waals surface area contributed by atoms with Crippen molar-refractivity contribution in [2.24, 2.45) is 0 Å². The second-order valence-corrected chi connectivity index (χ2v) is 7.49. The van der Waals surface area contributed by atoms with Crippen LogP contribution in [0, 0.1) is 0 Å². The molecule has 0 radical (unpaired) electrons. The number of carbonyl (C=O) groups excluding carboxylic acids is 1. The highest BCUT2D eigenvalue weighted by Crippen LogP contribution is 2.26. The molecule has 1 heterocycles. The summed E-state index contributed by atoms with van der Waals surface area (Å²) < 4.78 is 29.8. The van der Waals surface area contributed by atoms with Gasteiger partial charge in [0.2, 0.25) is 15.9 Å². The molecule has 1 fully saturated rings. The molecule has 1 aliphatic heterocycles. The van der Waals surface area contributed by atoms with Crippen LogP contribution < -0.4 is 10.2 Å². The summed E-state index contributed by atoms with van der Waals surface area (Å²) in [6, 6.07) is 7.47. The summed E-state index contributed by atoms with van der Waals surface area (Å²) in [5.74, 6) is -0.386. The van der Waals surface area contributed by atoms with Crippen LogP contribution in [0.1, 0.15) is 0 Å². The van der Waals surface area contributed by atoms with Gasteiger partial charge in [0.15, 0.2) is 0 Å². The normalized spacial score (nSPS) is 15.3. The third kappa shape index (κ3) is 5.05. The quantitative estimate of drug-likeness (QED) is 0.737. The maximum Gasteiger partial charge on any atom is 0.239 e. The molecule has 0 unspecified atom stereocenters. The van der Waals surface area contributed by atoms with Crippen LogP contribution in [0.5, 0.6) is 0 Å². The number of nitrogens with zero attached hydrogens (tertiary/aromatic N) is 2. The van der Waals surface area contributed by atoms with Crippen molar-refractivity contribution in [3.63, 3.8) is 0 Å². The van der Waals surface area contributed by atoms with Crippen LogP contribution in [0.3, 0.4) is 0 Å². The zero-order valence-electron chi connectivity index (χ0n) is 13.8. The van der Waals surface area contributed by atoms with E-state index in [-0.39, 0.29) is 19.0 Å². The standard InChI is InChI=1S/C16H23N3O4S/c1-3-8-19(24(2,21)22)13-16(20)17-14-6-4-5-7-15(14)18-9-11-23-12-10-18/h3-7H,1,8-13H2,2H3,(H,17,20). The molecule has 7 nitrogen and oxygen atoms in total. The van der Waals surface area contributed by atoms with Gasteiger partial charge in [-0.3, -0.25) is 4.79 Å². The summed E-state index contributed by atoms with van der Waals surface area (Å²) in [6.45, 7) is 6.15. The largest absolute Gasteiger partial charge is 0.378 e. The molecular formula is C16H23N3O4S. The van der Waals surface area contributed by atoms with Crippen molar-refractivity contribution in [2.45, 2.75) is 0 Å². The Bertz CT molecular complexity index is 684. The van der Waals surface area contributed by atoms with Crippen LogP contribution >= 0.6 is 0 Å². The first-order chi connectivity index (χ1) is 11.4. The SMILES string of the molecule is C=CCN(CC(=O)Nc1ccccc1N1CCOCC1)S(C)(=O)=O. The van der Waals surface area contributed by atoms with Crippen LogP contribution in [0.4, 0.5) is 11.4 Å². The second kappa shape index (κ2) is 8.27. The Labute approximate surface area is 142 Å². The first-order valence-electron chi connectivity index (χ1n) is 7.69. The van der Waals surface area contributed by atoms with Crippen molar-refractivity contribution in [2.75, 3.05) is 55.9 Å². The molecule has 0 saturated carbocycles. The minimum Gasteiger partial charge on any atom is -0.378 e. The Balaban J connectivity index is 2.10. The van der Waals surface area contributed by atoms with Crippen molar-refractivity contribution in [3.05, 3.63) is 36.9 Å². The lowest BCUT2D eigenvalue weighted by molar-refractivity contribution is -0.116. The van der Waals surface area contributed by atoms with E-state index in [1.807, 2.05) is 18.2 Å². The number of rotatable bonds is 7. The molecular weight excluding hydrogens is 330 g/mol. The maximum atomic E-state index is 12.3. The van der Waals surface area contributed by atoms with E-state index in [0.29, 0.717) is 18.9 Å². The molecule has 1 N–H and O–H groups in total. The number of para-hydroxylation sites is 2. The van der Waals surface area contributed by atoms with Gasteiger partial charge >= 0.3 is 0 Å². The lowest BCUT2D eigenvalue weighted by Crippen LogP contribution is -2.38. The highest BCUT2D eigenvalue weighted by atomic mass is 32.2. The van der Waals surface area contributed by atoms with E-state index in [9.17, 15) is 13.2 Å². The van der Waals surface area contributed by atoms with Crippen molar-refractivity contribution < 1.29 is 17.9 Å². The van der Waals surface area contributed by atoms with E-state index >= 15 is 0 Å². The average Bonchev–Trinajstić information content (AvgIpc) is 2.55. The van der Waals surface area contributed by atoms with Gasteiger partial charge < -0.3 is 15.0 Å². The Hall–Kier alpha value is -1.90. The number of hydrogen-bond donors (Lipinski definition) is 1. The van der Waals surface area contributed by atoms with Gasteiger partial charge in [-0.25, -0.2) is 8.42 Å². The molecule has 1 amide bonds. The second-order valence-electron chi connectivity index (χ2n) is 5.51. The van der Waals surface area contributed by atoms with Crippen LogP contribution in [-0.4, -0.2) is 64.3 Å². The van der Waals surface area contributed by atoms with Crippen LogP contribution in [0.15, 0.2) is 36.9 Å².